The van der Waals surface area contributed by atoms with Crippen LogP contribution in [0.25, 0.3) is 0 Å². The molecule has 0 spiro atoms. The molecule has 0 radical (unpaired) electrons. The first kappa shape index (κ1) is 33.2. The lowest BCUT2D eigenvalue weighted by atomic mass is 10.2. The first-order chi connectivity index (χ1) is 17.9. The molecule has 0 bridgehead atoms. The molecular formula is C29H25N3O5. The van der Waals surface area contributed by atoms with Crippen molar-refractivity contribution in [1.29, 1.82) is 0 Å². The van der Waals surface area contributed by atoms with E-state index < -0.39 is 17.4 Å². The molecule has 8 heteroatoms. The fourth-order valence-corrected chi connectivity index (χ4v) is 1.82. The van der Waals surface area contributed by atoms with E-state index in [4.69, 9.17) is 9.84 Å². The quantitative estimate of drug-likeness (QED) is 0.181. The molecule has 37 heavy (non-hydrogen) atoms. The van der Waals surface area contributed by atoms with Gasteiger partial charge in [-0.1, -0.05) is 35.1 Å². The SMILES string of the molecule is C=C.C=C=C=C=C=C.C=C=C=C=C=C.O=C(COc1ccccc1[N+](=O)[O-])N/N=C/c1ccc(O)cc1. The van der Waals surface area contributed by atoms with Crippen molar-refractivity contribution >= 4 is 17.8 Å². The van der Waals surface area contributed by atoms with Crippen LogP contribution in [0.2, 0.25) is 0 Å². The first-order valence-electron chi connectivity index (χ1n) is 9.95. The standard InChI is InChI=1S/C15H13N3O5.2C6H4.C2H4/c19-12-7-5-11(6-8-12)9-16-17-15(20)10-23-14-4-2-1-3-13(14)18(21)22;2*1-3-5-6-4-2;1-2/h1-9,19H,10H2,(H,17,20);2*1-2H2;1-2H2/b16-9+;;;. The summed E-state index contributed by atoms with van der Waals surface area (Å²) in [6.45, 7) is 18.5. The van der Waals surface area contributed by atoms with Crippen molar-refractivity contribution < 1.29 is 19.6 Å². The lowest BCUT2D eigenvalue weighted by molar-refractivity contribution is -0.385. The Morgan fingerprint density at radius 3 is 1.89 bits per heavy atom. The molecule has 0 aliphatic carbocycles. The number of hydrogen-bond donors (Lipinski definition) is 2. The van der Waals surface area contributed by atoms with Crippen molar-refractivity contribution in [2.24, 2.45) is 5.10 Å². The van der Waals surface area contributed by atoms with Gasteiger partial charge in [-0.25, -0.2) is 5.43 Å². The second-order valence-electron chi connectivity index (χ2n) is 5.61. The van der Waals surface area contributed by atoms with E-state index in [1.54, 1.807) is 18.2 Å². The molecule has 8 nitrogen and oxygen atoms in total. The third kappa shape index (κ3) is 18.2. The highest BCUT2D eigenvalue weighted by molar-refractivity contribution is 5.83. The van der Waals surface area contributed by atoms with Gasteiger partial charge in [-0.3, -0.25) is 14.9 Å². The van der Waals surface area contributed by atoms with Crippen LogP contribution >= 0.6 is 0 Å². The van der Waals surface area contributed by atoms with Crippen LogP contribution in [0, 0.1) is 10.1 Å². The van der Waals surface area contributed by atoms with Crippen molar-refractivity contribution in [2.75, 3.05) is 6.61 Å². The Labute approximate surface area is 215 Å². The number of nitrogens with zero attached hydrogens (tertiary/aromatic N) is 2. The van der Waals surface area contributed by atoms with E-state index in [9.17, 15) is 14.9 Å². The van der Waals surface area contributed by atoms with Crippen LogP contribution in [0.4, 0.5) is 5.69 Å². The van der Waals surface area contributed by atoms with Gasteiger partial charge in [-0.2, -0.15) is 5.10 Å². The number of carbonyl (C=O) groups is 1. The summed E-state index contributed by atoms with van der Waals surface area (Å²) in [6, 6.07) is 12.0. The number of aromatic hydroxyl groups is 1. The van der Waals surface area contributed by atoms with E-state index in [2.05, 4.69) is 95.9 Å². The lowest BCUT2D eigenvalue weighted by Crippen LogP contribution is -2.24. The van der Waals surface area contributed by atoms with E-state index in [-0.39, 0.29) is 17.2 Å². The number of para-hydroxylation sites is 2. The maximum Gasteiger partial charge on any atom is 0.310 e. The van der Waals surface area contributed by atoms with Gasteiger partial charge in [-0.05, 0) is 85.1 Å². The topological polar surface area (TPSA) is 114 Å². The van der Waals surface area contributed by atoms with Gasteiger partial charge in [0.05, 0.1) is 11.1 Å². The minimum atomic E-state index is -0.587. The molecule has 0 atom stereocenters. The third-order valence-electron chi connectivity index (χ3n) is 3.20. The Bertz CT molecular complexity index is 1260. The van der Waals surface area contributed by atoms with Crippen LogP contribution in [0.5, 0.6) is 11.5 Å². The van der Waals surface area contributed by atoms with Gasteiger partial charge in [0.25, 0.3) is 5.91 Å². The minimum Gasteiger partial charge on any atom is -0.508 e. The molecule has 2 rings (SSSR count). The number of hydrogen-bond acceptors (Lipinski definition) is 6. The summed E-state index contributed by atoms with van der Waals surface area (Å²) >= 11 is 0. The largest absolute Gasteiger partial charge is 0.508 e. The lowest BCUT2D eigenvalue weighted by Gasteiger charge is -2.05. The van der Waals surface area contributed by atoms with Crippen molar-refractivity contribution in [1.82, 2.24) is 5.43 Å². The van der Waals surface area contributed by atoms with E-state index >= 15 is 0 Å². The van der Waals surface area contributed by atoms with Gasteiger partial charge in [0.2, 0.25) is 0 Å². The minimum absolute atomic E-state index is 0.00941. The zero-order chi connectivity index (χ0) is 28.3. The summed E-state index contributed by atoms with van der Waals surface area (Å²) < 4.78 is 5.12. The molecule has 2 N–H and O–H groups in total. The number of hydrazone groups is 1. The van der Waals surface area contributed by atoms with Gasteiger partial charge in [0.1, 0.15) is 5.75 Å². The first-order valence-corrected chi connectivity index (χ1v) is 9.95. The van der Waals surface area contributed by atoms with Gasteiger partial charge in [0, 0.05) is 6.07 Å². The normalized spacial score (nSPS) is 7.68. The fraction of sp³-hybridized carbons (Fsp3) is 0.0345. The molecule has 0 aliphatic rings. The van der Waals surface area contributed by atoms with E-state index in [0.717, 1.165) is 0 Å². The maximum atomic E-state index is 11.6. The van der Waals surface area contributed by atoms with Gasteiger partial charge in [-0.15, -0.1) is 13.2 Å². The van der Waals surface area contributed by atoms with Crippen LogP contribution in [0.3, 0.4) is 0 Å². The second-order valence-corrected chi connectivity index (χ2v) is 5.61. The van der Waals surface area contributed by atoms with Crippen molar-refractivity contribution in [3.8, 4) is 11.5 Å². The summed E-state index contributed by atoms with van der Waals surface area (Å²) in [5, 5.41) is 23.7. The number of ether oxygens (including phenoxy) is 1. The number of amides is 1. The molecule has 2 aromatic rings. The zero-order valence-corrected chi connectivity index (χ0v) is 20.1. The molecule has 2 aromatic carbocycles. The molecule has 0 heterocycles. The van der Waals surface area contributed by atoms with E-state index in [1.807, 2.05) is 0 Å². The molecule has 0 saturated heterocycles. The summed E-state index contributed by atoms with van der Waals surface area (Å²) in [5.41, 5.74) is 21.8. The number of nitro benzene ring substituents is 1. The number of benzene rings is 2. The molecular weight excluding hydrogens is 470 g/mol. The Balaban J connectivity index is 0. The second kappa shape index (κ2) is 23.2. The number of phenolic OH excluding ortho intramolecular Hbond substituents is 1. The summed E-state index contributed by atoms with van der Waals surface area (Å²) in [6.07, 6.45) is 1.39. The monoisotopic (exact) mass is 495 g/mol. The number of nitro groups is 1. The van der Waals surface area contributed by atoms with Crippen LogP contribution < -0.4 is 10.2 Å². The molecule has 186 valence electrons. The van der Waals surface area contributed by atoms with Gasteiger partial charge >= 0.3 is 5.69 Å². The van der Waals surface area contributed by atoms with E-state index in [0.29, 0.717) is 5.56 Å². The average Bonchev–Trinajstić information content (AvgIpc) is 2.92. The molecule has 0 saturated carbocycles. The Hall–Kier alpha value is -5.96. The van der Waals surface area contributed by atoms with Gasteiger partial charge < -0.3 is 9.84 Å². The van der Waals surface area contributed by atoms with E-state index in [1.165, 1.54) is 36.5 Å². The number of rotatable bonds is 6. The number of carbonyl (C=O) groups excluding carboxylic acids is 1. The van der Waals surface area contributed by atoms with Crippen LogP contribution in [0.1, 0.15) is 5.56 Å². The molecule has 0 unspecified atom stereocenters. The predicted octanol–water partition coefficient (Wildman–Crippen LogP) is 5.48. The molecule has 0 aliphatic heterocycles. The molecule has 1 amide bonds. The average molecular weight is 496 g/mol. The Kier molecular flexibility index (Phi) is 20.8. The van der Waals surface area contributed by atoms with Crippen molar-refractivity contribution in [2.45, 2.75) is 0 Å². The Morgan fingerprint density at radius 2 is 1.43 bits per heavy atom. The third-order valence-corrected chi connectivity index (χ3v) is 3.20. The molecule has 0 aromatic heterocycles. The zero-order valence-electron chi connectivity index (χ0n) is 20.1. The smallest absolute Gasteiger partial charge is 0.310 e. The fourth-order valence-electron chi connectivity index (χ4n) is 1.82. The maximum absolute atomic E-state index is 11.6. The highest BCUT2D eigenvalue weighted by atomic mass is 16.6. The van der Waals surface area contributed by atoms with Crippen LogP contribution in [-0.4, -0.2) is 28.8 Å². The Morgan fingerprint density at radius 1 is 0.946 bits per heavy atom. The summed E-state index contributed by atoms with van der Waals surface area (Å²) in [7, 11) is 0. The summed E-state index contributed by atoms with van der Waals surface area (Å²) in [4.78, 5) is 21.8. The molecule has 0 fully saturated rings. The van der Waals surface area contributed by atoms with Crippen molar-refractivity contribution in [3.05, 3.63) is 150 Å². The number of nitrogens with one attached hydrogen (secondary N) is 1. The summed E-state index contributed by atoms with van der Waals surface area (Å²) in [5.74, 6) is -0.419. The van der Waals surface area contributed by atoms with Crippen LogP contribution in [0.15, 0.2) is 139 Å². The predicted molar refractivity (Wildman–Crippen MR) is 144 cm³/mol. The number of phenols is 1. The van der Waals surface area contributed by atoms with Crippen molar-refractivity contribution in [3.63, 3.8) is 0 Å². The van der Waals surface area contributed by atoms with Gasteiger partial charge in [0.15, 0.2) is 12.4 Å². The highest BCUT2D eigenvalue weighted by Gasteiger charge is 2.14. The highest BCUT2D eigenvalue weighted by Crippen LogP contribution is 2.25. The van der Waals surface area contributed by atoms with Crippen LogP contribution in [-0.2, 0) is 4.79 Å².